The van der Waals surface area contributed by atoms with Crippen molar-refractivity contribution in [1.29, 1.82) is 0 Å². The van der Waals surface area contributed by atoms with E-state index in [0.29, 0.717) is 0 Å². The van der Waals surface area contributed by atoms with E-state index in [4.69, 9.17) is 23.2 Å². The van der Waals surface area contributed by atoms with Crippen LogP contribution in [0.25, 0.3) is 0 Å². The molecular formula is C6H13B5N. The van der Waals surface area contributed by atoms with Gasteiger partial charge in [0.05, 0.1) is 0 Å². The van der Waals surface area contributed by atoms with Crippen LogP contribution >= 0.6 is 0 Å². The maximum absolute atomic E-state index is 4.89. The highest BCUT2D eigenvalue weighted by Gasteiger charge is 1.96. The predicted octanol–water partition coefficient (Wildman–Crippen LogP) is -0.0268. The monoisotopic (exact) mass is 154 g/mol. The number of hydrogen-bond donors (Lipinski definition) is 0. The lowest BCUT2D eigenvalue weighted by molar-refractivity contribution is 0.951. The maximum atomic E-state index is 4.89. The zero-order valence-electron chi connectivity index (χ0n) is 6.96. The predicted molar refractivity (Wildman–Crippen MR) is 62.7 cm³/mol. The summed E-state index contributed by atoms with van der Waals surface area (Å²) in [6, 6.07) is 0. The fourth-order valence-corrected chi connectivity index (χ4v) is 0.684. The smallest absolute Gasteiger partial charge is 0.0392 e. The second-order valence-corrected chi connectivity index (χ2v) is 2.49. The van der Waals surface area contributed by atoms with E-state index >= 15 is 0 Å². The molecule has 12 heavy (non-hydrogen) atoms. The van der Waals surface area contributed by atoms with Crippen molar-refractivity contribution in [3.05, 3.63) is 0 Å². The summed E-state index contributed by atoms with van der Waals surface area (Å²) in [5, 5.41) is 0. The fraction of sp³-hybridized carbons (Fsp3) is 0.833. The van der Waals surface area contributed by atoms with Crippen molar-refractivity contribution in [3.63, 3.8) is 0 Å². The van der Waals surface area contributed by atoms with E-state index in [9.17, 15) is 0 Å². The van der Waals surface area contributed by atoms with Gasteiger partial charge in [-0.25, -0.2) is 0 Å². The molecule has 0 atom stereocenters. The van der Waals surface area contributed by atoms with Gasteiger partial charge in [0.2, 0.25) is 0 Å². The van der Waals surface area contributed by atoms with Crippen LogP contribution < -0.4 is 0 Å². The van der Waals surface area contributed by atoms with Crippen molar-refractivity contribution in [2.24, 2.45) is 4.99 Å². The molecule has 0 bridgehead atoms. The second kappa shape index (κ2) is 9.09. The first kappa shape index (κ1) is 14.5. The van der Waals surface area contributed by atoms with Crippen LogP contribution in [0.2, 0.25) is 0 Å². The Morgan fingerprint density at radius 3 is 2.08 bits per heavy atom. The van der Waals surface area contributed by atoms with Crippen LogP contribution in [-0.2, 0) is 0 Å². The lowest BCUT2D eigenvalue weighted by Crippen LogP contribution is -2.23. The molecule has 0 aromatic rings. The Kier molecular flexibility index (Phi) is 11.0. The molecule has 6 heteroatoms. The summed E-state index contributed by atoms with van der Waals surface area (Å²) in [6.07, 6.45) is 2.06. The number of aliphatic imine (C=N–C) groups is 1. The van der Waals surface area contributed by atoms with Gasteiger partial charge in [-0.1, -0.05) is 7.43 Å². The van der Waals surface area contributed by atoms with Crippen LogP contribution in [0.3, 0.4) is 0 Å². The first-order chi connectivity index (χ1) is 5.16. The molecule has 0 saturated heterocycles. The summed E-state index contributed by atoms with van der Waals surface area (Å²) in [5.74, 6) is 0. The summed E-state index contributed by atoms with van der Waals surface area (Å²) in [4.78, 5) is 4.15. The fourth-order valence-electron chi connectivity index (χ4n) is 0.684. The van der Waals surface area contributed by atoms with Crippen molar-refractivity contribution in [2.45, 2.75) is 27.2 Å². The Hall–Kier alpha value is -0.00532. The van der Waals surface area contributed by atoms with E-state index in [1.807, 2.05) is 0 Å². The minimum Gasteiger partial charge on any atom is -0.294 e. The van der Waals surface area contributed by atoms with Crippen LogP contribution in [0.1, 0.15) is 27.2 Å². The Morgan fingerprint density at radius 1 is 1.50 bits per heavy atom. The summed E-state index contributed by atoms with van der Waals surface area (Å²) < 4.78 is 0. The highest BCUT2D eigenvalue weighted by molar-refractivity contribution is 7.60. The maximum Gasteiger partial charge on any atom is 0.0392 e. The third kappa shape index (κ3) is 9.99. The van der Waals surface area contributed by atoms with Crippen molar-refractivity contribution < 1.29 is 0 Å². The van der Waals surface area contributed by atoms with Crippen molar-refractivity contribution in [3.8, 4) is 0 Å². The topological polar surface area (TPSA) is 12.4 Å². The molecule has 0 aliphatic carbocycles. The van der Waals surface area contributed by atoms with Crippen molar-refractivity contribution in [2.75, 3.05) is 6.54 Å². The largest absolute Gasteiger partial charge is 0.294 e. The summed E-state index contributed by atoms with van der Waals surface area (Å²) in [5.41, 5.74) is 1.33. The molecule has 0 saturated carbocycles. The molecule has 0 spiro atoms. The summed E-state index contributed by atoms with van der Waals surface area (Å²) in [6.45, 7) is 3.17. The van der Waals surface area contributed by atoms with Gasteiger partial charge in [0, 0.05) is 48.9 Å². The highest BCUT2D eigenvalue weighted by Crippen LogP contribution is 2.00. The lowest BCUT2D eigenvalue weighted by Gasteiger charge is -1.85. The minimum atomic E-state index is -0.463. The molecule has 1 nitrogen and oxygen atoms in total. The molecule has 0 aromatic heterocycles. The summed E-state index contributed by atoms with van der Waals surface area (Å²) in [7, 11) is 15.8. The number of nitrogens with zero attached hydrogens (tertiary/aromatic N) is 1. The van der Waals surface area contributed by atoms with E-state index in [0.717, 1.165) is 6.54 Å². The van der Waals surface area contributed by atoms with E-state index in [2.05, 4.69) is 11.9 Å². The molecule has 0 unspecified atom stereocenters. The van der Waals surface area contributed by atoms with E-state index in [1.54, 1.807) is 0 Å². The van der Waals surface area contributed by atoms with E-state index in [-0.39, 0.29) is 7.43 Å². The van der Waals surface area contributed by atoms with Gasteiger partial charge in [-0.05, 0) is 19.8 Å². The number of hydrogen-bond acceptors (Lipinski definition) is 1. The van der Waals surface area contributed by atoms with Gasteiger partial charge in [0.25, 0.3) is 0 Å². The third-order valence-corrected chi connectivity index (χ3v) is 1.30. The second-order valence-electron chi connectivity index (χ2n) is 2.49. The molecule has 1 rings (SSSR count). The van der Waals surface area contributed by atoms with Gasteiger partial charge in [0.1, 0.15) is 0 Å². The van der Waals surface area contributed by atoms with Gasteiger partial charge < -0.3 is 0 Å². The van der Waals surface area contributed by atoms with E-state index < -0.39 is 6.39 Å². The molecule has 1 heterocycles. The quantitative estimate of drug-likeness (QED) is 0.469. The van der Waals surface area contributed by atoms with Gasteiger partial charge in [-0.2, -0.15) is 0 Å². The van der Waals surface area contributed by atoms with Crippen molar-refractivity contribution in [1.82, 2.24) is 0 Å². The van der Waals surface area contributed by atoms with Crippen molar-refractivity contribution >= 4 is 42.4 Å². The Labute approximate surface area is 81.7 Å². The molecule has 0 fully saturated rings. The van der Waals surface area contributed by atoms with Gasteiger partial charge >= 0.3 is 0 Å². The van der Waals surface area contributed by atoms with Crippen LogP contribution in [0.15, 0.2) is 4.99 Å². The van der Waals surface area contributed by atoms with Crippen LogP contribution in [0, 0.1) is 0 Å². The molecular weight excluding hydrogens is 140 g/mol. The van der Waals surface area contributed by atoms with Gasteiger partial charge in [-0.15, -0.1) is 0 Å². The Balaban J connectivity index is 0. The average Bonchev–Trinajstić information content (AvgIpc) is 2.41. The van der Waals surface area contributed by atoms with Crippen LogP contribution in [-0.4, -0.2) is 48.9 Å². The molecule has 1 aliphatic rings. The first-order valence-electron chi connectivity index (χ1n) is 3.73. The molecule has 1 aliphatic heterocycles. The minimum absolute atomic E-state index is 0. The summed E-state index contributed by atoms with van der Waals surface area (Å²) >= 11 is 0. The van der Waals surface area contributed by atoms with E-state index in [1.165, 1.54) is 25.6 Å². The molecule has 7 radical (unpaired) electrons. The van der Waals surface area contributed by atoms with Gasteiger partial charge in [0.15, 0.2) is 0 Å². The highest BCUT2D eigenvalue weighted by atomic mass is 14.7. The third-order valence-electron chi connectivity index (χ3n) is 1.30. The number of rotatable bonds is 1. The SMILES string of the molecule is C.CC1=NCCC1.[B][B]B([B])[B]. The molecule has 0 N–H and O–H groups in total. The molecule has 0 amide bonds. The molecule has 57 valence electrons. The standard InChI is InChI=1S/C5H9N.CH4.B5/c1-5-3-2-4-6-5;;1-4-5(2)3/h2-4H2,1H3;1H4;. The lowest BCUT2D eigenvalue weighted by atomic mass is 8.97. The van der Waals surface area contributed by atoms with Gasteiger partial charge in [-0.3, -0.25) is 4.99 Å². The average molecular weight is 153 g/mol. The first-order valence-corrected chi connectivity index (χ1v) is 3.73. The zero-order chi connectivity index (χ0) is 8.69. The Morgan fingerprint density at radius 2 is 2.00 bits per heavy atom. The van der Waals surface area contributed by atoms with Crippen LogP contribution in [0.4, 0.5) is 0 Å². The molecule has 0 aromatic carbocycles. The Bertz CT molecular complexity index is 125. The zero-order valence-corrected chi connectivity index (χ0v) is 6.96. The normalized spacial score (nSPS) is 13.2. The van der Waals surface area contributed by atoms with Crippen LogP contribution in [0.5, 0.6) is 0 Å².